The molecule has 1 fully saturated rings. The van der Waals surface area contributed by atoms with Gasteiger partial charge in [0.15, 0.2) is 0 Å². The fourth-order valence-corrected chi connectivity index (χ4v) is 2.65. The predicted molar refractivity (Wildman–Crippen MR) is 73.3 cm³/mol. The van der Waals surface area contributed by atoms with Gasteiger partial charge < -0.3 is 11.1 Å². The molecule has 1 heterocycles. The van der Waals surface area contributed by atoms with Gasteiger partial charge in [-0.05, 0) is 24.8 Å². The molecule has 2 unspecified atom stereocenters. The molecule has 6 heteroatoms. The van der Waals surface area contributed by atoms with Crippen LogP contribution < -0.4 is 11.1 Å². The summed E-state index contributed by atoms with van der Waals surface area (Å²) in [5.41, 5.74) is 5.43. The monoisotopic (exact) mass is 287 g/mol. The average molecular weight is 287 g/mol. The van der Waals surface area contributed by atoms with Crippen molar-refractivity contribution in [2.24, 2.45) is 5.92 Å². The lowest BCUT2D eigenvalue weighted by Crippen LogP contribution is -2.27. The summed E-state index contributed by atoms with van der Waals surface area (Å²) in [6.45, 7) is 2.13. The van der Waals surface area contributed by atoms with Crippen molar-refractivity contribution in [3.05, 3.63) is 18.0 Å². The second-order valence-electron chi connectivity index (χ2n) is 5.52. The molecule has 0 amide bonds. The molecule has 0 aromatic carbocycles. The summed E-state index contributed by atoms with van der Waals surface area (Å²) < 4.78 is 38.1. The van der Waals surface area contributed by atoms with Gasteiger partial charge in [0, 0.05) is 6.04 Å². The zero-order valence-corrected chi connectivity index (χ0v) is 11.5. The van der Waals surface area contributed by atoms with E-state index < -0.39 is 11.9 Å². The third kappa shape index (κ3) is 3.55. The number of anilines is 2. The molecule has 20 heavy (non-hydrogen) atoms. The molecule has 1 aliphatic rings. The number of nitrogens with zero attached hydrogens (tertiary/aromatic N) is 1. The van der Waals surface area contributed by atoms with Gasteiger partial charge in [-0.3, -0.25) is 0 Å². The summed E-state index contributed by atoms with van der Waals surface area (Å²) >= 11 is 0. The molecule has 3 nitrogen and oxygen atoms in total. The van der Waals surface area contributed by atoms with E-state index in [1.165, 1.54) is 12.8 Å². The molecule has 2 rings (SSSR count). The van der Waals surface area contributed by atoms with Crippen LogP contribution in [0.15, 0.2) is 12.3 Å². The fourth-order valence-electron chi connectivity index (χ4n) is 2.65. The van der Waals surface area contributed by atoms with Crippen LogP contribution in [0.1, 0.15) is 44.7 Å². The van der Waals surface area contributed by atoms with Gasteiger partial charge in [0.25, 0.3) is 0 Å². The van der Waals surface area contributed by atoms with E-state index in [9.17, 15) is 13.2 Å². The van der Waals surface area contributed by atoms with Gasteiger partial charge >= 0.3 is 6.18 Å². The van der Waals surface area contributed by atoms with E-state index in [0.29, 0.717) is 11.6 Å². The lowest BCUT2D eigenvalue weighted by Gasteiger charge is -2.25. The first kappa shape index (κ1) is 14.9. The minimum Gasteiger partial charge on any atom is -0.396 e. The van der Waals surface area contributed by atoms with Gasteiger partial charge in [0.1, 0.15) is 5.69 Å². The Morgan fingerprint density at radius 1 is 1.25 bits per heavy atom. The first-order valence-electron chi connectivity index (χ1n) is 6.97. The summed E-state index contributed by atoms with van der Waals surface area (Å²) in [5.74, 6) is 0.430. The number of pyridine rings is 1. The van der Waals surface area contributed by atoms with Crippen LogP contribution in [0.5, 0.6) is 0 Å². The highest BCUT2D eigenvalue weighted by Crippen LogP contribution is 2.33. The highest BCUT2D eigenvalue weighted by atomic mass is 19.4. The Balaban J connectivity index is 2.19. The number of alkyl halides is 3. The lowest BCUT2D eigenvalue weighted by molar-refractivity contribution is -0.141. The first-order chi connectivity index (χ1) is 9.38. The Kier molecular flexibility index (Phi) is 4.40. The molecule has 1 saturated carbocycles. The van der Waals surface area contributed by atoms with Crippen molar-refractivity contribution in [3.63, 3.8) is 0 Å². The summed E-state index contributed by atoms with van der Waals surface area (Å²) in [4.78, 5) is 3.35. The minimum atomic E-state index is -4.45. The maximum absolute atomic E-state index is 12.7. The molecular weight excluding hydrogens is 267 g/mol. The predicted octanol–water partition coefficient (Wildman–Crippen LogP) is 4.06. The van der Waals surface area contributed by atoms with E-state index in [4.69, 9.17) is 5.73 Å². The van der Waals surface area contributed by atoms with E-state index >= 15 is 0 Å². The third-order valence-corrected chi connectivity index (χ3v) is 3.93. The van der Waals surface area contributed by atoms with Crippen LogP contribution in [-0.2, 0) is 6.18 Å². The van der Waals surface area contributed by atoms with Gasteiger partial charge in [-0.1, -0.05) is 26.2 Å². The Morgan fingerprint density at radius 3 is 2.65 bits per heavy atom. The molecule has 112 valence electrons. The number of aromatic nitrogens is 1. The van der Waals surface area contributed by atoms with E-state index in [1.807, 2.05) is 0 Å². The maximum Gasteiger partial charge on any atom is 0.433 e. The van der Waals surface area contributed by atoms with Crippen molar-refractivity contribution in [2.45, 2.75) is 51.2 Å². The quantitative estimate of drug-likeness (QED) is 0.806. The van der Waals surface area contributed by atoms with E-state index in [2.05, 4.69) is 17.2 Å². The third-order valence-electron chi connectivity index (χ3n) is 3.93. The topological polar surface area (TPSA) is 50.9 Å². The molecule has 0 aliphatic heterocycles. The van der Waals surface area contributed by atoms with Crippen LogP contribution in [0.4, 0.5) is 24.5 Å². The zero-order chi connectivity index (χ0) is 14.8. The van der Waals surface area contributed by atoms with Crippen LogP contribution in [0.2, 0.25) is 0 Å². The smallest absolute Gasteiger partial charge is 0.396 e. The van der Waals surface area contributed by atoms with Crippen molar-refractivity contribution in [3.8, 4) is 0 Å². The van der Waals surface area contributed by atoms with Crippen molar-refractivity contribution in [2.75, 3.05) is 11.1 Å². The Bertz CT molecular complexity index is 459. The van der Waals surface area contributed by atoms with Gasteiger partial charge in [-0.25, -0.2) is 4.98 Å². The van der Waals surface area contributed by atoms with Gasteiger partial charge in [0.2, 0.25) is 0 Å². The fraction of sp³-hybridized carbons (Fsp3) is 0.643. The van der Waals surface area contributed by atoms with E-state index in [0.717, 1.165) is 31.5 Å². The van der Waals surface area contributed by atoms with Crippen LogP contribution in [0, 0.1) is 5.92 Å². The second kappa shape index (κ2) is 5.89. The van der Waals surface area contributed by atoms with Gasteiger partial charge in [0.05, 0.1) is 17.6 Å². The summed E-state index contributed by atoms with van der Waals surface area (Å²) in [6, 6.07) is 1.18. The summed E-state index contributed by atoms with van der Waals surface area (Å²) in [6.07, 6.45) is 2.14. The van der Waals surface area contributed by atoms with Crippen LogP contribution >= 0.6 is 0 Å². The van der Waals surface area contributed by atoms with Crippen molar-refractivity contribution in [1.82, 2.24) is 4.98 Å². The molecule has 0 saturated heterocycles. The summed E-state index contributed by atoms with van der Waals surface area (Å²) in [7, 11) is 0. The SMILES string of the molecule is CC1CCCCCC1Nc1cc(C(F)(F)F)ncc1N. The molecule has 3 N–H and O–H groups in total. The van der Waals surface area contributed by atoms with E-state index in [-0.39, 0.29) is 11.7 Å². The van der Waals surface area contributed by atoms with Crippen LogP contribution in [-0.4, -0.2) is 11.0 Å². The summed E-state index contributed by atoms with van der Waals surface area (Å²) in [5, 5.41) is 3.19. The number of nitrogen functional groups attached to an aromatic ring is 1. The van der Waals surface area contributed by atoms with Crippen molar-refractivity contribution < 1.29 is 13.2 Å². The molecule has 1 aromatic heterocycles. The number of hydrogen-bond donors (Lipinski definition) is 2. The molecule has 0 radical (unpaired) electrons. The second-order valence-corrected chi connectivity index (χ2v) is 5.52. The largest absolute Gasteiger partial charge is 0.433 e. The highest BCUT2D eigenvalue weighted by Gasteiger charge is 2.33. The number of nitrogens with two attached hydrogens (primary N) is 1. The van der Waals surface area contributed by atoms with E-state index in [1.54, 1.807) is 0 Å². The van der Waals surface area contributed by atoms with Gasteiger partial charge in [-0.2, -0.15) is 13.2 Å². The Labute approximate surface area is 116 Å². The molecule has 0 spiro atoms. The molecule has 0 bridgehead atoms. The highest BCUT2D eigenvalue weighted by molar-refractivity contribution is 5.65. The van der Waals surface area contributed by atoms with Crippen LogP contribution in [0.3, 0.4) is 0 Å². The van der Waals surface area contributed by atoms with Gasteiger partial charge in [-0.15, -0.1) is 0 Å². The Hall–Kier alpha value is -1.46. The maximum atomic E-state index is 12.7. The molecule has 1 aliphatic carbocycles. The number of hydrogen-bond acceptors (Lipinski definition) is 3. The lowest BCUT2D eigenvalue weighted by atomic mass is 9.96. The molecule has 1 aromatic rings. The van der Waals surface area contributed by atoms with Crippen molar-refractivity contribution in [1.29, 1.82) is 0 Å². The Morgan fingerprint density at radius 2 is 1.95 bits per heavy atom. The normalized spacial score (nSPS) is 24.2. The van der Waals surface area contributed by atoms with Crippen molar-refractivity contribution >= 4 is 11.4 Å². The van der Waals surface area contributed by atoms with Crippen LogP contribution in [0.25, 0.3) is 0 Å². The average Bonchev–Trinajstić information content (AvgIpc) is 2.56. The molecule has 2 atom stereocenters. The minimum absolute atomic E-state index is 0.170. The standard InChI is InChI=1S/C14H20F3N3/c1-9-5-3-2-4-6-11(9)20-12-7-13(14(15,16)17)19-8-10(12)18/h7-9,11H,2-6,18H2,1H3,(H,19,20). The number of rotatable bonds is 2. The zero-order valence-electron chi connectivity index (χ0n) is 11.5. The molecular formula is C14H20F3N3. The number of nitrogens with one attached hydrogen (secondary N) is 1. The number of halogens is 3. The first-order valence-corrected chi connectivity index (χ1v) is 6.97.